The van der Waals surface area contributed by atoms with E-state index in [0.29, 0.717) is 5.71 Å². The van der Waals surface area contributed by atoms with Gasteiger partial charge in [-0.05, 0) is 42.8 Å². The molecule has 8 heteroatoms. The number of para-hydroxylation sites is 2. The first-order valence-corrected chi connectivity index (χ1v) is 25.2. The molecule has 5 heterocycles. The van der Waals surface area contributed by atoms with Gasteiger partial charge in [-0.2, -0.15) is 0 Å². The molecule has 1 radical (unpaired) electrons. The van der Waals surface area contributed by atoms with Gasteiger partial charge in [-0.25, -0.2) is 0 Å². The van der Waals surface area contributed by atoms with Crippen molar-refractivity contribution in [2.24, 2.45) is 5.92 Å². The summed E-state index contributed by atoms with van der Waals surface area (Å²) in [6.07, 6.45) is 14.1. The van der Waals surface area contributed by atoms with E-state index < -0.39 is 13.3 Å². The molecule has 0 amide bonds. The number of fused-ring (bicyclic) bond motifs is 4. The topological polar surface area (TPSA) is 69.6 Å². The molecule has 1 fully saturated rings. The van der Waals surface area contributed by atoms with E-state index in [2.05, 4.69) is 86.7 Å². The Morgan fingerprint density at radius 3 is 2.37 bits per heavy atom. The van der Waals surface area contributed by atoms with Gasteiger partial charge in [0.25, 0.3) is 0 Å². The van der Waals surface area contributed by atoms with E-state index >= 15 is 0 Å². The van der Waals surface area contributed by atoms with Gasteiger partial charge < -0.3 is 14.0 Å². The Balaban J connectivity index is 0.000000165. The number of benzene rings is 3. The van der Waals surface area contributed by atoms with E-state index in [9.17, 15) is 0 Å². The maximum atomic E-state index is 5.85. The summed E-state index contributed by atoms with van der Waals surface area (Å²) in [5.74, 6) is 9.09. The van der Waals surface area contributed by atoms with Gasteiger partial charge in [0.05, 0.1) is 23.1 Å². The van der Waals surface area contributed by atoms with E-state index in [1.165, 1.54) is 32.1 Å². The van der Waals surface area contributed by atoms with Crippen molar-refractivity contribution in [3.63, 3.8) is 0 Å². The third-order valence-electron chi connectivity index (χ3n) is 9.88. The van der Waals surface area contributed by atoms with Crippen molar-refractivity contribution in [3.8, 4) is 28.3 Å². The SMILES string of the molecule is Cc1cc2nc(-c3[c-]nc4oc5ccccc5c4c3)n(-c3ccccc3)c2cn1.[CH3][Ge]([CH3])([CH3])[c]1cnc(-c2[c-]cccc2)cc1CC1CCCC1.[Ir]. The molecule has 8 aromatic rings. The molecule has 6 nitrogen and oxygen atoms in total. The molecule has 1 saturated carbocycles. The average Bonchev–Trinajstić information content (AvgIpc) is 3.89. The van der Waals surface area contributed by atoms with Crippen molar-refractivity contribution in [2.75, 3.05) is 0 Å². The Bertz CT molecular complexity index is 2460. The zero-order valence-electron chi connectivity index (χ0n) is 30.0. The second-order valence-corrected chi connectivity index (χ2v) is 25.2. The summed E-state index contributed by atoms with van der Waals surface area (Å²) in [7, 11) is 0. The molecular formula is C44H41GeIrN5O-2. The van der Waals surface area contributed by atoms with Crippen molar-refractivity contribution in [2.45, 2.75) is 56.3 Å². The van der Waals surface area contributed by atoms with Crippen molar-refractivity contribution >= 4 is 50.8 Å². The van der Waals surface area contributed by atoms with Crippen LogP contribution >= 0.6 is 0 Å². The van der Waals surface area contributed by atoms with Crippen LogP contribution in [0.4, 0.5) is 0 Å². The summed E-state index contributed by atoms with van der Waals surface area (Å²) in [4.78, 5) is 18.6. The van der Waals surface area contributed by atoms with Gasteiger partial charge in [0.15, 0.2) is 0 Å². The fraction of sp³-hybridized carbons (Fsp3) is 0.227. The van der Waals surface area contributed by atoms with Crippen LogP contribution in [0, 0.1) is 25.1 Å². The predicted molar refractivity (Wildman–Crippen MR) is 210 cm³/mol. The second-order valence-electron chi connectivity index (χ2n) is 14.6. The number of aryl methyl sites for hydroxylation is 1. The van der Waals surface area contributed by atoms with Crippen LogP contribution in [-0.4, -0.2) is 37.8 Å². The largest absolute Gasteiger partial charge is 0 e. The van der Waals surface area contributed by atoms with Gasteiger partial charge >= 0.3 is 137 Å². The molecule has 9 rings (SSSR count). The van der Waals surface area contributed by atoms with E-state index in [1.54, 1.807) is 9.96 Å². The average molecular weight is 921 g/mol. The summed E-state index contributed by atoms with van der Waals surface area (Å²) < 4.78 is 9.54. The second kappa shape index (κ2) is 15.3. The molecule has 5 aromatic heterocycles. The number of furan rings is 1. The standard InChI is InChI=1S/C24H15N4O.C20H26GeN.Ir/c1-15-11-20-21(14-25-15)28(17-7-3-2-4-8-17)23(27-20)16-12-19-18-9-5-6-10-22(18)29-24(19)26-13-16;1-21(2,3)19-15-22-20(17-11-5-4-6-12-17)14-18(19)13-16-9-7-8-10-16;/h2-12,14H,1H3;4-6,11,14-16H,7-10,13H2,1-3H3;/q2*-1;. The number of aromatic nitrogens is 5. The minimum Gasteiger partial charge on any atom is 0 e. The number of nitrogens with zero attached hydrogens (tertiary/aromatic N) is 5. The number of hydrogen-bond donors (Lipinski definition) is 0. The van der Waals surface area contributed by atoms with Gasteiger partial charge in [0.2, 0.25) is 0 Å². The molecule has 1 aliphatic rings. The van der Waals surface area contributed by atoms with E-state index in [1.807, 2.05) is 73.8 Å². The van der Waals surface area contributed by atoms with Crippen LogP contribution in [0.1, 0.15) is 36.9 Å². The third-order valence-corrected chi connectivity index (χ3v) is 14.2. The minimum atomic E-state index is -1.87. The van der Waals surface area contributed by atoms with Crippen LogP contribution in [0.25, 0.3) is 61.4 Å². The number of hydrogen-bond acceptors (Lipinski definition) is 5. The zero-order valence-corrected chi connectivity index (χ0v) is 34.5. The van der Waals surface area contributed by atoms with Gasteiger partial charge in [0.1, 0.15) is 11.3 Å². The van der Waals surface area contributed by atoms with Crippen LogP contribution < -0.4 is 4.40 Å². The van der Waals surface area contributed by atoms with Gasteiger partial charge in [-0.15, -0.1) is 6.07 Å². The molecule has 52 heavy (non-hydrogen) atoms. The molecular weight excluding hydrogens is 879 g/mol. The number of imidazole rings is 1. The molecule has 0 unspecified atom stereocenters. The summed E-state index contributed by atoms with van der Waals surface area (Å²) in [5, 5.41) is 1.99. The molecule has 0 spiro atoms. The first kappa shape index (κ1) is 36.0. The summed E-state index contributed by atoms with van der Waals surface area (Å²) in [6, 6.07) is 36.0. The Labute approximate surface area is 321 Å². The van der Waals surface area contributed by atoms with Crippen LogP contribution in [0.15, 0.2) is 114 Å². The smallest absolute Gasteiger partial charge is 0 e. The fourth-order valence-electron chi connectivity index (χ4n) is 7.34. The quantitative estimate of drug-likeness (QED) is 0.123. The van der Waals surface area contributed by atoms with Crippen molar-refractivity contribution in [3.05, 3.63) is 133 Å². The van der Waals surface area contributed by atoms with E-state index in [-0.39, 0.29) is 20.1 Å². The molecule has 3 aromatic carbocycles. The van der Waals surface area contributed by atoms with Gasteiger partial charge in [-0.3, -0.25) is 9.97 Å². The number of pyridine rings is 3. The maximum absolute atomic E-state index is 5.85. The third kappa shape index (κ3) is 7.41. The monoisotopic (exact) mass is 922 g/mol. The van der Waals surface area contributed by atoms with E-state index in [4.69, 9.17) is 14.4 Å². The van der Waals surface area contributed by atoms with E-state index in [0.717, 1.165) is 67.3 Å². The van der Waals surface area contributed by atoms with Crippen LogP contribution in [0.5, 0.6) is 0 Å². The minimum absolute atomic E-state index is 0. The first-order valence-electron chi connectivity index (χ1n) is 17.9. The molecule has 0 N–H and O–H groups in total. The molecule has 0 aliphatic heterocycles. The predicted octanol–water partition coefficient (Wildman–Crippen LogP) is 10.3. The van der Waals surface area contributed by atoms with Gasteiger partial charge in [-0.1, -0.05) is 42.0 Å². The molecule has 0 bridgehead atoms. The Hall–Kier alpha value is -4.43. The fourth-order valence-corrected chi connectivity index (χ4v) is 10.7. The van der Waals surface area contributed by atoms with Crippen molar-refractivity contribution in [1.29, 1.82) is 0 Å². The zero-order chi connectivity index (χ0) is 35.0. The molecule has 1 aliphatic carbocycles. The molecule has 0 atom stereocenters. The summed E-state index contributed by atoms with van der Waals surface area (Å²) in [5.41, 5.74) is 9.76. The Morgan fingerprint density at radius 1 is 0.827 bits per heavy atom. The van der Waals surface area contributed by atoms with Crippen molar-refractivity contribution in [1.82, 2.24) is 24.5 Å². The maximum Gasteiger partial charge on any atom is 0 e. The molecule has 263 valence electrons. The van der Waals surface area contributed by atoms with Crippen LogP contribution in [0.2, 0.25) is 17.3 Å². The number of rotatable bonds is 6. The van der Waals surface area contributed by atoms with Crippen LogP contribution in [0.3, 0.4) is 0 Å². The van der Waals surface area contributed by atoms with Crippen LogP contribution in [-0.2, 0) is 26.5 Å². The van der Waals surface area contributed by atoms with Gasteiger partial charge in [0, 0.05) is 36.9 Å². The summed E-state index contributed by atoms with van der Waals surface area (Å²) >= 11 is -1.87. The first-order chi connectivity index (χ1) is 24.8. The molecule has 0 saturated heterocycles. The normalized spacial score (nSPS) is 13.3. The Morgan fingerprint density at radius 2 is 1.60 bits per heavy atom. The van der Waals surface area contributed by atoms with Crippen molar-refractivity contribution < 1.29 is 24.5 Å². The Kier molecular flexibility index (Phi) is 10.6. The summed E-state index contributed by atoms with van der Waals surface area (Å²) in [6.45, 7) is 1.97.